The van der Waals surface area contributed by atoms with Gasteiger partial charge in [-0.05, 0) is 24.2 Å². The highest BCUT2D eigenvalue weighted by Gasteiger charge is 2.33. The molecule has 3 atom stereocenters. The summed E-state index contributed by atoms with van der Waals surface area (Å²) in [6.45, 7) is 5.90. The molecule has 1 saturated heterocycles. The van der Waals surface area contributed by atoms with Crippen molar-refractivity contribution >= 4 is 6.71 Å². The Hall–Kier alpha value is 0.0649. The van der Waals surface area contributed by atoms with Crippen molar-refractivity contribution in [1.82, 2.24) is 0 Å². The number of hydrogen-bond donors (Lipinski definition) is 0. The molecular formula is C11H21B. The molecule has 0 nitrogen and oxygen atoms in total. The smallest absolute Gasteiger partial charge is 0.0861 e. The largest absolute Gasteiger partial charge is 0.136 e. The molecule has 3 unspecified atom stereocenters. The second kappa shape index (κ2) is 3.43. The molecule has 0 aromatic heterocycles. The van der Waals surface area contributed by atoms with E-state index in [2.05, 4.69) is 13.7 Å². The van der Waals surface area contributed by atoms with Crippen molar-refractivity contribution < 1.29 is 0 Å². The number of rotatable bonds is 0. The molecule has 1 aliphatic heterocycles. The summed E-state index contributed by atoms with van der Waals surface area (Å²) in [5.74, 6) is 3.26. The van der Waals surface area contributed by atoms with E-state index in [0.29, 0.717) is 0 Å². The minimum absolute atomic E-state index is 1.03. The van der Waals surface area contributed by atoms with Crippen molar-refractivity contribution in [2.24, 2.45) is 17.8 Å². The van der Waals surface area contributed by atoms with Crippen LogP contribution in [0.3, 0.4) is 0 Å². The molecule has 2 fully saturated rings. The molecule has 1 aliphatic carbocycles. The van der Waals surface area contributed by atoms with Crippen molar-refractivity contribution in [1.29, 1.82) is 0 Å². The third-order valence-electron chi connectivity index (χ3n) is 4.14. The van der Waals surface area contributed by atoms with Gasteiger partial charge in [0.15, 0.2) is 0 Å². The predicted octanol–water partition coefficient (Wildman–Crippen LogP) is 3.57. The fraction of sp³-hybridized carbons (Fsp3) is 1.00. The topological polar surface area (TPSA) is 0 Å². The van der Waals surface area contributed by atoms with Crippen molar-refractivity contribution in [3.05, 3.63) is 0 Å². The molecule has 2 aliphatic rings. The molecule has 0 aromatic carbocycles. The predicted molar refractivity (Wildman–Crippen MR) is 55.8 cm³/mol. The van der Waals surface area contributed by atoms with Crippen molar-refractivity contribution in [2.75, 3.05) is 0 Å². The third kappa shape index (κ3) is 1.70. The molecular weight excluding hydrogens is 143 g/mol. The van der Waals surface area contributed by atoms with E-state index in [9.17, 15) is 0 Å². The standard InChI is InChI=1S/C11H21B/c1-9-3-4-11-8-12(2)6-5-10(11)7-9/h9-11H,3-8H2,1-2H3. The van der Waals surface area contributed by atoms with Crippen molar-refractivity contribution in [3.8, 4) is 0 Å². The summed E-state index contributed by atoms with van der Waals surface area (Å²) in [4.78, 5) is 0. The van der Waals surface area contributed by atoms with Gasteiger partial charge in [0.25, 0.3) is 0 Å². The van der Waals surface area contributed by atoms with E-state index in [1.54, 1.807) is 0 Å². The Labute approximate surface area is 77.2 Å². The molecule has 1 heterocycles. The lowest BCUT2D eigenvalue weighted by Crippen LogP contribution is -2.32. The van der Waals surface area contributed by atoms with Crippen molar-refractivity contribution in [2.45, 2.75) is 52.1 Å². The Bertz CT molecular complexity index is 137. The van der Waals surface area contributed by atoms with Crippen LogP contribution in [0.2, 0.25) is 19.5 Å². The van der Waals surface area contributed by atoms with Gasteiger partial charge < -0.3 is 0 Å². The van der Waals surface area contributed by atoms with Gasteiger partial charge in [0.1, 0.15) is 6.71 Å². The minimum Gasteiger partial charge on any atom is -0.0861 e. The lowest BCUT2D eigenvalue weighted by atomic mass is 9.38. The lowest BCUT2D eigenvalue weighted by molar-refractivity contribution is 0.189. The van der Waals surface area contributed by atoms with Gasteiger partial charge >= 0.3 is 0 Å². The number of hydrogen-bond acceptors (Lipinski definition) is 0. The Kier molecular flexibility index (Phi) is 2.48. The number of fused-ring (bicyclic) bond motifs is 1. The first-order valence-corrected chi connectivity index (χ1v) is 5.75. The zero-order chi connectivity index (χ0) is 8.55. The summed E-state index contributed by atoms with van der Waals surface area (Å²) in [5, 5.41) is 0. The Morgan fingerprint density at radius 2 is 1.92 bits per heavy atom. The van der Waals surface area contributed by atoms with Gasteiger partial charge in [0.2, 0.25) is 0 Å². The van der Waals surface area contributed by atoms with Crippen LogP contribution in [-0.4, -0.2) is 6.71 Å². The monoisotopic (exact) mass is 164 g/mol. The van der Waals surface area contributed by atoms with Crippen LogP contribution < -0.4 is 0 Å². The van der Waals surface area contributed by atoms with Gasteiger partial charge in [0, 0.05) is 0 Å². The van der Waals surface area contributed by atoms with Crippen LogP contribution in [0.4, 0.5) is 0 Å². The SMILES string of the molecule is CB1CCC2CC(C)CCC2C1. The highest BCUT2D eigenvalue weighted by Crippen LogP contribution is 2.42. The third-order valence-corrected chi connectivity index (χ3v) is 4.14. The minimum atomic E-state index is 1.03. The summed E-state index contributed by atoms with van der Waals surface area (Å²) in [5.41, 5.74) is 0. The van der Waals surface area contributed by atoms with Gasteiger partial charge in [0.05, 0.1) is 0 Å². The zero-order valence-corrected chi connectivity index (χ0v) is 8.55. The molecule has 0 radical (unpaired) electrons. The van der Waals surface area contributed by atoms with E-state index in [1.807, 2.05) is 0 Å². The normalized spacial score (nSPS) is 42.5. The maximum atomic E-state index is 2.44. The zero-order valence-electron chi connectivity index (χ0n) is 8.55. The molecule has 0 spiro atoms. The van der Waals surface area contributed by atoms with Crippen LogP contribution in [-0.2, 0) is 0 Å². The fourth-order valence-electron chi connectivity index (χ4n) is 3.36. The molecule has 2 rings (SSSR count). The first kappa shape index (κ1) is 8.65. The van der Waals surface area contributed by atoms with Gasteiger partial charge in [-0.15, -0.1) is 0 Å². The average molecular weight is 164 g/mol. The highest BCUT2D eigenvalue weighted by atomic mass is 14.3. The van der Waals surface area contributed by atoms with Crippen LogP contribution in [0.15, 0.2) is 0 Å². The second-order valence-electron chi connectivity index (χ2n) is 5.36. The first-order valence-electron chi connectivity index (χ1n) is 5.75. The Morgan fingerprint density at radius 1 is 1.08 bits per heavy atom. The van der Waals surface area contributed by atoms with Crippen molar-refractivity contribution in [3.63, 3.8) is 0 Å². The summed E-state index contributed by atoms with van der Waals surface area (Å²) >= 11 is 0. The molecule has 12 heavy (non-hydrogen) atoms. The molecule has 0 bridgehead atoms. The van der Waals surface area contributed by atoms with Crippen LogP contribution in [0.25, 0.3) is 0 Å². The molecule has 0 N–H and O–H groups in total. The van der Waals surface area contributed by atoms with Crippen LogP contribution in [0.1, 0.15) is 32.6 Å². The highest BCUT2D eigenvalue weighted by molar-refractivity contribution is 6.57. The summed E-state index contributed by atoms with van der Waals surface area (Å²) < 4.78 is 0. The van der Waals surface area contributed by atoms with Crippen LogP contribution in [0.5, 0.6) is 0 Å². The quantitative estimate of drug-likeness (QED) is 0.480. The van der Waals surface area contributed by atoms with Gasteiger partial charge in [-0.3, -0.25) is 0 Å². The van der Waals surface area contributed by atoms with Crippen LogP contribution >= 0.6 is 0 Å². The van der Waals surface area contributed by atoms with Crippen LogP contribution in [0, 0.1) is 17.8 Å². The van der Waals surface area contributed by atoms with E-state index in [1.165, 1.54) is 38.3 Å². The second-order valence-corrected chi connectivity index (χ2v) is 5.36. The molecule has 0 aromatic rings. The summed E-state index contributed by atoms with van der Waals surface area (Å²) in [6.07, 6.45) is 9.17. The fourth-order valence-corrected chi connectivity index (χ4v) is 3.36. The van der Waals surface area contributed by atoms with Gasteiger partial charge in [-0.1, -0.05) is 45.6 Å². The molecule has 0 amide bonds. The Balaban J connectivity index is 1.94. The van der Waals surface area contributed by atoms with E-state index in [-0.39, 0.29) is 0 Å². The molecule has 1 saturated carbocycles. The average Bonchev–Trinajstić information content (AvgIpc) is 2.05. The molecule has 1 heteroatoms. The van der Waals surface area contributed by atoms with E-state index in [0.717, 1.165) is 24.5 Å². The van der Waals surface area contributed by atoms with E-state index in [4.69, 9.17) is 0 Å². The van der Waals surface area contributed by atoms with Gasteiger partial charge in [-0.25, -0.2) is 0 Å². The first-order chi connectivity index (χ1) is 5.75. The lowest BCUT2D eigenvalue weighted by Gasteiger charge is -2.39. The van der Waals surface area contributed by atoms with E-state index >= 15 is 0 Å². The summed E-state index contributed by atoms with van der Waals surface area (Å²) in [6, 6.07) is 0. The maximum absolute atomic E-state index is 2.44. The van der Waals surface area contributed by atoms with Gasteiger partial charge in [-0.2, -0.15) is 0 Å². The summed E-state index contributed by atoms with van der Waals surface area (Å²) in [7, 11) is 0. The molecule has 68 valence electrons. The maximum Gasteiger partial charge on any atom is 0.136 e. The van der Waals surface area contributed by atoms with E-state index < -0.39 is 0 Å². The Morgan fingerprint density at radius 3 is 2.75 bits per heavy atom.